The number of amides is 2. The molecule has 27 heavy (non-hydrogen) atoms. The van der Waals surface area contributed by atoms with E-state index in [1.807, 2.05) is 24.3 Å². The number of methoxy groups -OCH3 is 2. The molecule has 1 saturated heterocycles. The lowest BCUT2D eigenvalue weighted by Crippen LogP contribution is -2.23. The Morgan fingerprint density at radius 1 is 1.15 bits per heavy atom. The molecule has 0 unspecified atom stereocenters. The number of halogens is 1. The van der Waals surface area contributed by atoms with Crippen molar-refractivity contribution in [1.29, 1.82) is 0 Å². The fraction of sp³-hybridized carbons (Fsp3) is 0.300. The van der Waals surface area contributed by atoms with E-state index >= 15 is 0 Å². The number of carbonyl (C=O) groups excluding carboxylic acids is 2. The van der Waals surface area contributed by atoms with E-state index in [-0.39, 0.29) is 18.2 Å². The monoisotopic (exact) mass is 388 g/mol. The van der Waals surface area contributed by atoms with Crippen LogP contribution in [0, 0.1) is 0 Å². The first-order valence-electron chi connectivity index (χ1n) is 8.62. The van der Waals surface area contributed by atoms with E-state index in [2.05, 4.69) is 5.32 Å². The Kier molecular flexibility index (Phi) is 5.86. The fourth-order valence-electron chi connectivity index (χ4n) is 3.05. The Hall–Kier alpha value is -2.73. The van der Waals surface area contributed by atoms with Crippen molar-refractivity contribution in [2.45, 2.75) is 19.3 Å². The largest absolute Gasteiger partial charge is 0.495 e. The summed E-state index contributed by atoms with van der Waals surface area (Å²) in [5.74, 6) is 0.858. The lowest BCUT2D eigenvalue weighted by Gasteiger charge is -2.16. The molecule has 1 N–H and O–H groups in total. The molecule has 2 aromatic rings. The third-order valence-corrected chi connectivity index (χ3v) is 4.73. The van der Waals surface area contributed by atoms with E-state index in [9.17, 15) is 9.59 Å². The van der Waals surface area contributed by atoms with E-state index in [4.69, 9.17) is 21.1 Å². The van der Waals surface area contributed by atoms with Gasteiger partial charge in [0.15, 0.2) is 0 Å². The topological polar surface area (TPSA) is 67.9 Å². The summed E-state index contributed by atoms with van der Waals surface area (Å²) in [5.41, 5.74) is 2.21. The number of nitrogens with one attached hydrogen (secondary N) is 1. The van der Waals surface area contributed by atoms with Crippen LogP contribution in [-0.4, -0.2) is 32.6 Å². The first kappa shape index (κ1) is 19.0. The minimum Gasteiger partial charge on any atom is -0.495 e. The van der Waals surface area contributed by atoms with Crippen molar-refractivity contribution in [2.24, 2.45) is 0 Å². The molecule has 0 spiro atoms. The van der Waals surface area contributed by atoms with Gasteiger partial charge in [0.25, 0.3) is 0 Å². The van der Waals surface area contributed by atoms with Crippen LogP contribution < -0.4 is 19.7 Å². The number of rotatable bonds is 6. The van der Waals surface area contributed by atoms with Gasteiger partial charge in [-0.15, -0.1) is 0 Å². The molecule has 0 atom stereocenters. The van der Waals surface area contributed by atoms with Crippen molar-refractivity contribution in [2.75, 3.05) is 31.0 Å². The van der Waals surface area contributed by atoms with Crippen molar-refractivity contribution in [1.82, 2.24) is 0 Å². The molecule has 0 saturated carbocycles. The van der Waals surface area contributed by atoms with Crippen LogP contribution >= 0.6 is 11.6 Å². The van der Waals surface area contributed by atoms with Crippen LogP contribution in [0.1, 0.15) is 18.4 Å². The van der Waals surface area contributed by atoms with E-state index in [0.29, 0.717) is 28.6 Å². The molecule has 7 heteroatoms. The van der Waals surface area contributed by atoms with Gasteiger partial charge in [-0.3, -0.25) is 9.59 Å². The Bertz CT molecular complexity index is 852. The molecule has 0 radical (unpaired) electrons. The Labute approximate surface area is 163 Å². The average molecular weight is 389 g/mol. The van der Waals surface area contributed by atoms with Crippen molar-refractivity contribution < 1.29 is 19.1 Å². The van der Waals surface area contributed by atoms with Crippen molar-refractivity contribution in [3.63, 3.8) is 0 Å². The molecule has 0 aromatic heterocycles. The van der Waals surface area contributed by atoms with Gasteiger partial charge in [0, 0.05) is 30.8 Å². The van der Waals surface area contributed by atoms with Gasteiger partial charge < -0.3 is 19.7 Å². The standard InChI is InChI=1S/C20H21ClN2O4/c1-26-17-12-16(18(27-2)11-15(17)21)22-19(24)10-13-5-7-14(8-6-13)23-9-3-4-20(23)25/h5-8,11-12H,3-4,9-10H2,1-2H3,(H,22,24). The summed E-state index contributed by atoms with van der Waals surface area (Å²) in [6.45, 7) is 0.747. The second-order valence-corrected chi connectivity index (χ2v) is 6.63. The van der Waals surface area contributed by atoms with Gasteiger partial charge >= 0.3 is 0 Å². The molecule has 1 fully saturated rings. The maximum absolute atomic E-state index is 12.4. The molecule has 2 amide bonds. The highest BCUT2D eigenvalue weighted by molar-refractivity contribution is 6.32. The number of anilines is 2. The first-order chi connectivity index (χ1) is 13.0. The molecule has 0 bridgehead atoms. The lowest BCUT2D eigenvalue weighted by atomic mass is 10.1. The number of hydrogen-bond donors (Lipinski definition) is 1. The normalized spacial score (nSPS) is 13.6. The minimum atomic E-state index is -0.192. The van der Waals surface area contributed by atoms with Crippen LogP contribution in [0.3, 0.4) is 0 Å². The summed E-state index contributed by atoms with van der Waals surface area (Å²) < 4.78 is 10.5. The van der Waals surface area contributed by atoms with Crippen molar-refractivity contribution in [3.8, 4) is 11.5 Å². The maximum atomic E-state index is 12.4. The molecule has 2 aromatic carbocycles. The van der Waals surface area contributed by atoms with Gasteiger partial charge in [0.05, 0.1) is 31.4 Å². The smallest absolute Gasteiger partial charge is 0.228 e. The summed E-state index contributed by atoms with van der Waals surface area (Å²) in [7, 11) is 3.01. The molecule has 1 heterocycles. The first-order valence-corrected chi connectivity index (χ1v) is 9.00. The SMILES string of the molecule is COc1cc(NC(=O)Cc2ccc(N3CCCC3=O)cc2)c(OC)cc1Cl. The third-order valence-electron chi connectivity index (χ3n) is 4.43. The zero-order chi connectivity index (χ0) is 19.4. The lowest BCUT2D eigenvalue weighted by molar-refractivity contribution is -0.117. The minimum absolute atomic E-state index is 0.143. The molecule has 0 aliphatic carbocycles. The van der Waals surface area contributed by atoms with E-state index in [1.165, 1.54) is 14.2 Å². The zero-order valence-corrected chi connectivity index (χ0v) is 16.0. The van der Waals surface area contributed by atoms with Gasteiger partial charge in [-0.05, 0) is 24.1 Å². The molecule has 3 rings (SSSR count). The van der Waals surface area contributed by atoms with Crippen LogP contribution in [0.15, 0.2) is 36.4 Å². The maximum Gasteiger partial charge on any atom is 0.228 e. The third kappa shape index (κ3) is 4.34. The molecular formula is C20H21ClN2O4. The van der Waals surface area contributed by atoms with Gasteiger partial charge in [0.2, 0.25) is 11.8 Å². The average Bonchev–Trinajstić information content (AvgIpc) is 3.09. The summed E-state index contributed by atoms with van der Waals surface area (Å²) in [5, 5.41) is 3.22. The van der Waals surface area contributed by atoms with Crippen molar-refractivity contribution in [3.05, 3.63) is 47.0 Å². The van der Waals surface area contributed by atoms with Crippen molar-refractivity contribution >= 4 is 34.8 Å². The Morgan fingerprint density at radius 2 is 1.85 bits per heavy atom. The zero-order valence-electron chi connectivity index (χ0n) is 15.3. The predicted octanol–water partition coefficient (Wildman–Crippen LogP) is 3.67. The van der Waals surface area contributed by atoms with Gasteiger partial charge in [-0.25, -0.2) is 0 Å². The number of hydrogen-bond acceptors (Lipinski definition) is 4. The van der Waals surface area contributed by atoms with E-state index in [0.717, 1.165) is 24.2 Å². The van der Waals surface area contributed by atoms with E-state index in [1.54, 1.807) is 17.0 Å². The van der Waals surface area contributed by atoms with Crippen LogP contribution in [0.5, 0.6) is 11.5 Å². The number of carbonyl (C=O) groups is 2. The molecule has 142 valence electrons. The molecule has 1 aliphatic rings. The van der Waals surface area contributed by atoms with E-state index < -0.39 is 0 Å². The van der Waals surface area contributed by atoms with Gasteiger partial charge in [-0.1, -0.05) is 23.7 Å². The van der Waals surface area contributed by atoms with Gasteiger partial charge in [0.1, 0.15) is 11.5 Å². The molecular weight excluding hydrogens is 368 g/mol. The highest BCUT2D eigenvalue weighted by Gasteiger charge is 2.21. The highest BCUT2D eigenvalue weighted by atomic mass is 35.5. The summed E-state index contributed by atoms with van der Waals surface area (Å²) in [6, 6.07) is 10.7. The second kappa shape index (κ2) is 8.31. The molecule has 1 aliphatic heterocycles. The summed E-state index contributed by atoms with van der Waals surface area (Å²) in [4.78, 5) is 26.0. The fourth-order valence-corrected chi connectivity index (χ4v) is 3.28. The number of nitrogens with zero attached hydrogens (tertiary/aromatic N) is 1. The van der Waals surface area contributed by atoms with Gasteiger partial charge in [-0.2, -0.15) is 0 Å². The summed E-state index contributed by atoms with van der Waals surface area (Å²) in [6.07, 6.45) is 1.67. The van der Waals surface area contributed by atoms with Crippen LogP contribution in [0.25, 0.3) is 0 Å². The van der Waals surface area contributed by atoms with Crippen LogP contribution in [0.4, 0.5) is 11.4 Å². The Balaban J connectivity index is 1.68. The Morgan fingerprint density at radius 3 is 2.44 bits per heavy atom. The highest BCUT2D eigenvalue weighted by Crippen LogP contribution is 2.36. The summed E-state index contributed by atoms with van der Waals surface area (Å²) >= 11 is 6.08. The van der Waals surface area contributed by atoms with Crippen LogP contribution in [-0.2, 0) is 16.0 Å². The predicted molar refractivity (Wildman–Crippen MR) is 105 cm³/mol. The van der Waals surface area contributed by atoms with Crippen LogP contribution in [0.2, 0.25) is 5.02 Å². The molecule has 6 nitrogen and oxygen atoms in total. The second-order valence-electron chi connectivity index (χ2n) is 6.23. The number of benzene rings is 2. The number of ether oxygens (including phenoxy) is 2. The quantitative estimate of drug-likeness (QED) is 0.819.